The lowest BCUT2D eigenvalue weighted by Gasteiger charge is -2.06. The molecule has 0 unspecified atom stereocenters. The molecule has 0 aliphatic heterocycles. The van der Waals surface area contributed by atoms with Gasteiger partial charge in [0, 0.05) is 5.56 Å². The van der Waals surface area contributed by atoms with Crippen LogP contribution >= 0.6 is 22.9 Å². The molecular weight excluding hydrogens is 272 g/mol. The minimum Gasteiger partial charge on any atom is -0.488 e. The van der Waals surface area contributed by atoms with Crippen LogP contribution in [0.5, 0.6) is 5.75 Å². The third-order valence-corrected chi connectivity index (χ3v) is 3.68. The second kappa shape index (κ2) is 5.75. The van der Waals surface area contributed by atoms with Gasteiger partial charge in [-0.25, -0.2) is 0 Å². The Hall–Kier alpha value is -1.72. The van der Waals surface area contributed by atoms with Crippen molar-refractivity contribution in [1.82, 2.24) is 0 Å². The number of halogens is 1. The molecule has 4 nitrogen and oxygen atoms in total. The van der Waals surface area contributed by atoms with E-state index in [4.69, 9.17) is 27.3 Å². The molecule has 1 heterocycles. The van der Waals surface area contributed by atoms with Gasteiger partial charge in [0.1, 0.15) is 12.4 Å². The number of nitrogens with two attached hydrogens (primary N) is 1. The van der Waals surface area contributed by atoms with Crippen LogP contribution in [-0.2, 0) is 6.61 Å². The molecule has 2 aromatic rings. The van der Waals surface area contributed by atoms with E-state index < -0.39 is 0 Å². The Morgan fingerprint density at radius 3 is 2.61 bits per heavy atom. The molecule has 18 heavy (non-hydrogen) atoms. The van der Waals surface area contributed by atoms with Crippen LogP contribution in [0.1, 0.15) is 10.4 Å². The van der Waals surface area contributed by atoms with Crippen molar-refractivity contribution in [3.63, 3.8) is 0 Å². The number of rotatable bonds is 4. The summed E-state index contributed by atoms with van der Waals surface area (Å²) >= 11 is 7.51. The van der Waals surface area contributed by atoms with E-state index in [-0.39, 0.29) is 5.84 Å². The van der Waals surface area contributed by atoms with Crippen molar-refractivity contribution in [2.24, 2.45) is 10.9 Å². The quantitative estimate of drug-likeness (QED) is 0.392. The van der Waals surface area contributed by atoms with Crippen molar-refractivity contribution in [1.29, 1.82) is 0 Å². The summed E-state index contributed by atoms with van der Waals surface area (Å²) in [6.07, 6.45) is 0. The summed E-state index contributed by atoms with van der Waals surface area (Å²) in [5.41, 5.74) is 6.10. The summed E-state index contributed by atoms with van der Waals surface area (Å²) in [7, 11) is 0. The molecule has 3 N–H and O–H groups in total. The van der Waals surface area contributed by atoms with Gasteiger partial charge in [0.2, 0.25) is 0 Å². The molecule has 0 atom stereocenters. The normalized spacial score (nSPS) is 11.5. The topological polar surface area (TPSA) is 67.8 Å². The van der Waals surface area contributed by atoms with Gasteiger partial charge >= 0.3 is 0 Å². The molecule has 0 fully saturated rings. The Balaban J connectivity index is 2.01. The Morgan fingerprint density at radius 2 is 2.06 bits per heavy atom. The fourth-order valence-electron chi connectivity index (χ4n) is 1.36. The van der Waals surface area contributed by atoms with Gasteiger partial charge in [-0.3, -0.25) is 0 Å². The maximum absolute atomic E-state index is 8.53. The molecule has 0 spiro atoms. The summed E-state index contributed by atoms with van der Waals surface area (Å²) in [5.74, 6) is 0.775. The van der Waals surface area contributed by atoms with Crippen LogP contribution < -0.4 is 10.5 Å². The monoisotopic (exact) mass is 282 g/mol. The highest BCUT2D eigenvalue weighted by Crippen LogP contribution is 2.24. The molecule has 0 aliphatic carbocycles. The van der Waals surface area contributed by atoms with E-state index in [1.54, 1.807) is 35.6 Å². The highest BCUT2D eigenvalue weighted by atomic mass is 35.5. The number of amidine groups is 1. The first-order valence-corrected chi connectivity index (χ1v) is 6.39. The number of ether oxygens (including phenoxy) is 1. The molecule has 0 saturated heterocycles. The molecule has 94 valence electrons. The average molecular weight is 283 g/mol. The minimum atomic E-state index is 0.0721. The summed E-state index contributed by atoms with van der Waals surface area (Å²) in [6, 6.07) is 8.80. The lowest BCUT2D eigenvalue weighted by molar-refractivity contribution is 0.310. The van der Waals surface area contributed by atoms with E-state index >= 15 is 0 Å². The first-order valence-electron chi connectivity index (χ1n) is 5.13. The average Bonchev–Trinajstić information content (AvgIpc) is 2.81. The predicted molar refractivity (Wildman–Crippen MR) is 72.6 cm³/mol. The minimum absolute atomic E-state index is 0.0721. The van der Waals surface area contributed by atoms with Crippen LogP contribution in [0.2, 0.25) is 5.02 Å². The highest BCUT2D eigenvalue weighted by molar-refractivity contribution is 7.10. The largest absolute Gasteiger partial charge is 0.488 e. The Morgan fingerprint density at radius 1 is 1.33 bits per heavy atom. The smallest absolute Gasteiger partial charge is 0.170 e. The van der Waals surface area contributed by atoms with Gasteiger partial charge in [-0.05, 0) is 35.7 Å². The molecule has 1 aromatic carbocycles. The van der Waals surface area contributed by atoms with Crippen LogP contribution in [0.15, 0.2) is 40.9 Å². The molecular formula is C12H11ClN2O2S. The number of oxime groups is 1. The maximum atomic E-state index is 8.53. The zero-order valence-electron chi connectivity index (χ0n) is 9.34. The molecule has 2 rings (SSSR count). The second-order valence-electron chi connectivity index (χ2n) is 3.49. The second-order valence-corrected chi connectivity index (χ2v) is 4.90. The lowest BCUT2D eigenvalue weighted by atomic mass is 10.2. The Labute approximate surface area is 113 Å². The standard InChI is InChI=1S/C12H11ClN2O2S/c13-10-5-6-18-11(10)7-17-9-3-1-8(2-4-9)12(14)15-16/h1-6,16H,7H2,(H2,14,15). The van der Waals surface area contributed by atoms with E-state index in [1.165, 1.54) is 0 Å². The SMILES string of the molecule is N/C(=N/O)c1ccc(OCc2sccc2Cl)cc1. The van der Waals surface area contributed by atoms with E-state index in [1.807, 2.05) is 11.4 Å². The molecule has 0 aliphatic rings. The van der Waals surface area contributed by atoms with Gasteiger partial charge in [-0.1, -0.05) is 16.8 Å². The number of thiophene rings is 1. The van der Waals surface area contributed by atoms with E-state index in [9.17, 15) is 0 Å². The van der Waals surface area contributed by atoms with Crippen molar-refractivity contribution in [2.45, 2.75) is 6.61 Å². The van der Waals surface area contributed by atoms with Crippen LogP contribution in [0, 0.1) is 0 Å². The fraction of sp³-hybridized carbons (Fsp3) is 0.0833. The van der Waals surface area contributed by atoms with Crippen molar-refractivity contribution in [3.05, 3.63) is 51.2 Å². The van der Waals surface area contributed by atoms with Crippen molar-refractivity contribution < 1.29 is 9.94 Å². The summed E-state index contributed by atoms with van der Waals surface area (Å²) < 4.78 is 5.58. The van der Waals surface area contributed by atoms with Crippen LogP contribution in [0.4, 0.5) is 0 Å². The number of hydrogen-bond donors (Lipinski definition) is 2. The molecule has 6 heteroatoms. The van der Waals surface area contributed by atoms with Crippen LogP contribution in [-0.4, -0.2) is 11.0 Å². The summed E-state index contributed by atoms with van der Waals surface area (Å²) in [4.78, 5) is 0.983. The van der Waals surface area contributed by atoms with Crippen LogP contribution in [0.3, 0.4) is 0 Å². The third-order valence-electron chi connectivity index (χ3n) is 2.32. The van der Waals surface area contributed by atoms with E-state index in [0.717, 1.165) is 4.88 Å². The zero-order chi connectivity index (χ0) is 13.0. The molecule has 0 saturated carbocycles. The van der Waals surface area contributed by atoms with Crippen molar-refractivity contribution in [3.8, 4) is 5.75 Å². The summed E-state index contributed by atoms with van der Waals surface area (Å²) in [6.45, 7) is 0.430. The van der Waals surface area contributed by atoms with Gasteiger partial charge in [0.05, 0.1) is 9.90 Å². The Kier molecular flexibility index (Phi) is 4.07. The molecule has 0 bridgehead atoms. The van der Waals surface area contributed by atoms with Gasteiger partial charge < -0.3 is 15.7 Å². The molecule has 1 aromatic heterocycles. The number of hydrogen-bond acceptors (Lipinski definition) is 4. The third kappa shape index (κ3) is 2.94. The Bertz CT molecular complexity index is 551. The summed E-state index contributed by atoms with van der Waals surface area (Å²) in [5, 5.41) is 14.1. The molecule has 0 radical (unpaired) electrons. The molecule has 0 amide bonds. The lowest BCUT2D eigenvalue weighted by Crippen LogP contribution is -2.12. The van der Waals surface area contributed by atoms with Gasteiger partial charge in [-0.2, -0.15) is 0 Å². The van der Waals surface area contributed by atoms with Crippen molar-refractivity contribution >= 4 is 28.8 Å². The van der Waals surface area contributed by atoms with Gasteiger partial charge in [0.25, 0.3) is 0 Å². The van der Waals surface area contributed by atoms with E-state index in [0.29, 0.717) is 22.9 Å². The fourth-order valence-corrected chi connectivity index (χ4v) is 2.36. The number of nitrogens with zero attached hydrogens (tertiary/aromatic N) is 1. The van der Waals surface area contributed by atoms with Crippen molar-refractivity contribution in [2.75, 3.05) is 0 Å². The zero-order valence-corrected chi connectivity index (χ0v) is 10.9. The predicted octanol–water partition coefficient (Wildman–Crippen LogP) is 3.08. The first kappa shape index (κ1) is 12.7. The maximum Gasteiger partial charge on any atom is 0.170 e. The van der Waals surface area contributed by atoms with E-state index in [2.05, 4.69) is 5.16 Å². The van der Waals surface area contributed by atoms with Gasteiger partial charge in [0.15, 0.2) is 5.84 Å². The number of benzene rings is 1. The highest BCUT2D eigenvalue weighted by Gasteiger charge is 2.03. The van der Waals surface area contributed by atoms with Gasteiger partial charge in [-0.15, -0.1) is 11.3 Å². The van der Waals surface area contributed by atoms with Crippen LogP contribution in [0.25, 0.3) is 0 Å². The first-order chi connectivity index (χ1) is 8.70.